The highest BCUT2D eigenvalue weighted by Gasteiger charge is 2.29. The van der Waals surface area contributed by atoms with E-state index in [1.54, 1.807) is 6.92 Å². The third-order valence-corrected chi connectivity index (χ3v) is 6.13. The summed E-state index contributed by atoms with van der Waals surface area (Å²) in [4.78, 5) is 35.1. The normalized spacial score (nSPS) is 14.5. The summed E-state index contributed by atoms with van der Waals surface area (Å²) < 4.78 is 32.5. The molecule has 0 saturated heterocycles. The van der Waals surface area contributed by atoms with E-state index in [4.69, 9.17) is 4.74 Å². The molecule has 2 aromatic rings. The zero-order chi connectivity index (χ0) is 22.8. The molecule has 1 aliphatic carbocycles. The van der Waals surface area contributed by atoms with Crippen molar-refractivity contribution in [3.8, 4) is 0 Å². The number of sulfonamides is 1. The number of aryl methyl sites for hydroxylation is 1. The van der Waals surface area contributed by atoms with Crippen LogP contribution in [0.4, 0.5) is 11.4 Å². The van der Waals surface area contributed by atoms with Gasteiger partial charge in [-0.05, 0) is 50.5 Å². The average molecular weight is 447 g/mol. The van der Waals surface area contributed by atoms with Gasteiger partial charge < -0.3 is 10.1 Å². The van der Waals surface area contributed by atoms with Gasteiger partial charge in [0.05, 0.1) is 15.4 Å². The molecule has 3 rings (SSSR count). The molecule has 0 bridgehead atoms. The van der Waals surface area contributed by atoms with Crippen LogP contribution in [-0.2, 0) is 19.6 Å². The number of anilines is 1. The first-order valence-electron chi connectivity index (χ1n) is 9.46. The molecule has 2 N–H and O–H groups in total. The lowest BCUT2D eigenvalue weighted by Gasteiger charge is -2.15. The summed E-state index contributed by atoms with van der Waals surface area (Å²) in [5, 5.41) is 13.3. The second-order valence-corrected chi connectivity index (χ2v) is 8.93. The molecule has 1 aliphatic rings. The number of ether oxygens (including phenoxy) is 1. The zero-order valence-electron chi connectivity index (χ0n) is 16.8. The van der Waals surface area contributed by atoms with Gasteiger partial charge in [-0.1, -0.05) is 12.1 Å². The van der Waals surface area contributed by atoms with Crippen LogP contribution in [0, 0.1) is 17.0 Å². The van der Waals surface area contributed by atoms with Crippen LogP contribution in [0.1, 0.15) is 35.7 Å². The Balaban J connectivity index is 1.70. The molecule has 0 aliphatic heterocycles. The average Bonchev–Trinajstić information content (AvgIpc) is 3.51. The number of esters is 1. The van der Waals surface area contributed by atoms with Gasteiger partial charge >= 0.3 is 5.97 Å². The molecular weight excluding hydrogens is 426 g/mol. The maximum absolute atomic E-state index is 12.6. The topological polar surface area (TPSA) is 145 Å². The van der Waals surface area contributed by atoms with Crippen LogP contribution in [-0.4, -0.2) is 37.4 Å². The van der Waals surface area contributed by atoms with Gasteiger partial charge in [0.15, 0.2) is 6.10 Å². The Morgan fingerprint density at radius 3 is 2.55 bits per heavy atom. The fraction of sp³-hybridized carbons (Fsp3) is 0.300. The maximum atomic E-state index is 12.6. The number of rotatable bonds is 8. The molecule has 1 saturated carbocycles. The minimum Gasteiger partial charge on any atom is -0.449 e. The second-order valence-electron chi connectivity index (χ2n) is 7.22. The van der Waals surface area contributed by atoms with Crippen molar-refractivity contribution in [2.24, 2.45) is 0 Å². The van der Waals surface area contributed by atoms with Crippen molar-refractivity contribution in [1.82, 2.24) is 4.72 Å². The molecule has 1 fully saturated rings. The number of carbonyl (C=O) groups is 2. The van der Waals surface area contributed by atoms with Gasteiger partial charge in [-0.2, -0.15) is 0 Å². The van der Waals surface area contributed by atoms with Gasteiger partial charge in [0.1, 0.15) is 0 Å². The summed E-state index contributed by atoms with van der Waals surface area (Å²) in [6.45, 7) is 2.96. The lowest BCUT2D eigenvalue weighted by molar-refractivity contribution is -0.384. The molecule has 1 atom stereocenters. The standard InChI is InChI=1S/C20H21N3O7S/c1-12-6-9-17(31(28,29)22-14-7-8-14)11-18(12)20(25)30-13(2)19(24)21-15-4-3-5-16(10-15)23(26)27/h3-6,9-11,13-14,22H,7-8H2,1-2H3,(H,21,24). The van der Waals surface area contributed by atoms with Crippen molar-refractivity contribution in [2.75, 3.05) is 5.32 Å². The van der Waals surface area contributed by atoms with Crippen molar-refractivity contribution in [3.05, 3.63) is 63.7 Å². The quantitative estimate of drug-likeness (QED) is 0.359. The first kappa shape index (κ1) is 22.4. The number of hydrogen-bond acceptors (Lipinski definition) is 7. The van der Waals surface area contributed by atoms with E-state index < -0.39 is 32.9 Å². The third-order valence-electron chi connectivity index (χ3n) is 4.62. The third kappa shape index (κ3) is 5.64. The molecule has 10 nitrogen and oxygen atoms in total. The molecular formula is C20H21N3O7S. The fourth-order valence-corrected chi connectivity index (χ4v) is 4.03. The molecule has 0 radical (unpaired) electrons. The summed E-state index contributed by atoms with van der Waals surface area (Å²) >= 11 is 0. The van der Waals surface area contributed by atoms with Crippen molar-refractivity contribution in [2.45, 2.75) is 43.7 Å². The van der Waals surface area contributed by atoms with Crippen molar-refractivity contribution >= 4 is 33.3 Å². The first-order valence-corrected chi connectivity index (χ1v) is 10.9. The zero-order valence-corrected chi connectivity index (χ0v) is 17.6. The molecule has 0 aromatic heterocycles. The van der Waals surface area contributed by atoms with Crippen LogP contribution in [0.3, 0.4) is 0 Å². The van der Waals surface area contributed by atoms with Crippen molar-refractivity contribution in [3.63, 3.8) is 0 Å². The number of hydrogen-bond donors (Lipinski definition) is 2. The Morgan fingerprint density at radius 1 is 1.19 bits per heavy atom. The summed E-state index contributed by atoms with van der Waals surface area (Å²) in [7, 11) is -3.76. The van der Waals surface area contributed by atoms with E-state index in [0.717, 1.165) is 12.8 Å². The molecule has 11 heteroatoms. The number of carbonyl (C=O) groups excluding carboxylic acids is 2. The van der Waals surface area contributed by atoms with Crippen LogP contribution in [0.25, 0.3) is 0 Å². The number of nitrogens with one attached hydrogen (secondary N) is 2. The van der Waals surface area contributed by atoms with Crippen LogP contribution in [0.5, 0.6) is 0 Å². The lowest BCUT2D eigenvalue weighted by Crippen LogP contribution is -2.30. The van der Waals surface area contributed by atoms with Gasteiger partial charge in [-0.3, -0.25) is 14.9 Å². The molecule has 2 aromatic carbocycles. The Morgan fingerprint density at radius 2 is 1.90 bits per heavy atom. The SMILES string of the molecule is Cc1ccc(S(=O)(=O)NC2CC2)cc1C(=O)OC(C)C(=O)Nc1cccc([N+](=O)[O-])c1. The number of nitro benzene ring substituents is 1. The minimum absolute atomic E-state index is 0.0219. The number of nitrogens with zero attached hydrogens (tertiary/aromatic N) is 1. The van der Waals surface area contributed by atoms with Gasteiger partial charge in [-0.25, -0.2) is 17.9 Å². The van der Waals surface area contributed by atoms with Crippen LogP contribution >= 0.6 is 0 Å². The Labute approximate surface area is 178 Å². The van der Waals surface area contributed by atoms with Crippen LogP contribution in [0.2, 0.25) is 0 Å². The van der Waals surface area contributed by atoms with Crippen molar-refractivity contribution in [1.29, 1.82) is 0 Å². The van der Waals surface area contributed by atoms with E-state index in [2.05, 4.69) is 10.0 Å². The smallest absolute Gasteiger partial charge is 0.339 e. The molecule has 0 heterocycles. The van der Waals surface area contributed by atoms with E-state index in [0.29, 0.717) is 5.56 Å². The molecule has 1 unspecified atom stereocenters. The van der Waals surface area contributed by atoms with Crippen LogP contribution in [0.15, 0.2) is 47.4 Å². The van der Waals surface area contributed by atoms with Gasteiger partial charge in [-0.15, -0.1) is 0 Å². The molecule has 0 spiro atoms. The van der Waals surface area contributed by atoms with E-state index in [1.165, 1.54) is 49.4 Å². The van der Waals surface area contributed by atoms with Crippen molar-refractivity contribution < 1.29 is 27.7 Å². The summed E-state index contributed by atoms with van der Waals surface area (Å²) in [5.74, 6) is -1.55. The lowest BCUT2D eigenvalue weighted by atomic mass is 10.1. The van der Waals surface area contributed by atoms with Crippen LogP contribution < -0.4 is 10.0 Å². The molecule has 164 valence electrons. The van der Waals surface area contributed by atoms with Gasteiger partial charge in [0.25, 0.3) is 11.6 Å². The summed E-state index contributed by atoms with van der Waals surface area (Å²) in [6, 6.07) is 9.35. The highest BCUT2D eigenvalue weighted by Crippen LogP contribution is 2.24. The van der Waals surface area contributed by atoms with Gasteiger partial charge in [0.2, 0.25) is 10.0 Å². The monoisotopic (exact) mass is 447 g/mol. The van der Waals surface area contributed by atoms with E-state index >= 15 is 0 Å². The highest BCUT2D eigenvalue weighted by atomic mass is 32.2. The number of non-ortho nitro benzene ring substituents is 1. The predicted molar refractivity (Wildman–Crippen MR) is 111 cm³/mol. The fourth-order valence-electron chi connectivity index (χ4n) is 2.70. The Kier molecular flexibility index (Phi) is 6.37. The second kappa shape index (κ2) is 8.82. The first-order chi connectivity index (χ1) is 14.6. The summed E-state index contributed by atoms with van der Waals surface area (Å²) in [5.41, 5.74) is 0.490. The van der Waals surface area contributed by atoms with Gasteiger partial charge in [0, 0.05) is 23.9 Å². The van der Waals surface area contributed by atoms with E-state index in [9.17, 15) is 28.1 Å². The maximum Gasteiger partial charge on any atom is 0.339 e. The number of amides is 1. The molecule has 31 heavy (non-hydrogen) atoms. The number of nitro groups is 1. The predicted octanol–water partition coefficient (Wildman–Crippen LogP) is 2.53. The Bertz CT molecular complexity index is 1140. The largest absolute Gasteiger partial charge is 0.449 e. The highest BCUT2D eigenvalue weighted by molar-refractivity contribution is 7.89. The van der Waals surface area contributed by atoms with E-state index in [-0.39, 0.29) is 27.9 Å². The Hall–Kier alpha value is -3.31. The number of benzene rings is 2. The van der Waals surface area contributed by atoms with E-state index in [1.807, 2.05) is 0 Å². The summed E-state index contributed by atoms with van der Waals surface area (Å²) in [6.07, 6.45) is 0.324. The molecule has 1 amide bonds. The minimum atomic E-state index is -3.76.